The standard InChI is InChI=1S/C54H32F4N4/c55-41-17-9-37-29-45(21-13-33(37)25-41)59-49-5-1-2-6-50(49)60(46-22-14-34-26-42(56)18-10-38(34)30-46)53(59)54-61(47-23-15-35-27-43(57)19-11-39(35)31-47)51-7-3-4-8-52(51)62(54)48-24-16-36-28-44(58)20-12-40(36)32-48/h1-32H. The summed E-state index contributed by atoms with van der Waals surface area (Å²) in [5, 5.41) is 6.54. The molecule has 62 heavy (non-hydrogen) atoms. The highest BCUT2D eigenvalue weighted by atomic mass is 19.1. The average Bonchev–Trinajstić information content (AvgIpc) is 3.81. The molecule has 0 N–H and O–H groups in total. The van der Waals surface area contributed by atoms with Crippen LogP contribution in [0.2, 0.25) is 0 Å². The molecule has 0 aliphatic carbocycles. The quantitative estimate of drug-likeness (QED) is 0.164. The van der Waals surface area contributed by atoms with E-state index in [1.54, 1.807) is 24.3 Å². The van der Waals surface area contributed by atoms with Gasteiger partial charge in [0.1, 0.15) is 23.3 Å². The third-order valence-electron chi connectivity index (χ3n) is 12.0. The molecule has 2 aliphatic rings. The smallest absolute Gasteiger partial charge is 0.166 e. The Hall–Kier alpha value is -8.10. The Balaban J connectivity index is 1.22. The van der Waals surface area contributed by atoms with Gasteiger partial charge in [0, 0.05) is 22.7 Å². The Labute approximate surface area is 353 Å². The highest BCUT2D eigenvalue weighted by Gasteiger charge is 2.44. The minimum absolute atomic E-state index is 0.312. The second-order valence-electron chi connectivity index (χ2n) is 15.7. The third-order valence-corrected chi connectivity index (χ3v) is 12.0. The maximum absolute atomic E-state index is 14.6. The van der Waals surface area contributed by atoms with E-state index >= 15 is 0 Å². The van der Waals surface area contributed by atoms with Gasteiger partial charge in [-0.05, 0) is 164 Å². The van der Waals surface area contributed by atoms with Gasteiger partial charge >= 0.3 is 0 Å². The summed E-state index contributed by atoms with van der Waals surface area (Å²) in [6.07, 6.45) is 0. The SMILES string of the molecule is Fc1ccc2cc(N3C(=C4N(c5ccc6cc(F)ccc6c5)c5ccccc5N4c4ccc5cc(F)ccc5c4)N(c4ccc5cc(F)ccc5c4)c4ccccc43)ccc2c1. The van der Waals surface area contributed by atoms with Crippen molar-refractivity contribution in [3.8, 4) is 0 Å². The molecule has 296 valence electrons. The lowest BCUT2D eigenvalue weighted by Crippen LogP contribution is -2.33. The van der Waals surface area contributed by atoms with E-state index in [0.29, 0.717) is 0 Å². The molecule has 0 fully saturated rings. The summed E-state index contributed by atoms with van der Waals surface area (Å²) in [5.41, 5.74) is 6.94. The van der Waals surface area contributed by atoms with Gasteiger partial charge in [0.05, 0.1) is 22.7 Å². The zero-order chi connectivity index (χ0) is 41.6. The molecule has 2 heterocycles. The first kappa shape index (κ1) is 35.8. The molecule has 0 saturated heterocycles. The monoisotopic (exact) mass is 812 g/mol. The van der Waals surface area contributed by atoms with Crippen LogP contribution in [0.4, 0.5) is 63.1 Å². The van der Waals surface area contributed by atoms with Crippen molar-refractivity contribution in [3.05, 3.63) is 229 Å². The van der Waals surface area contributed by atoms with Crippen molar-refractivity contribution in [2.45, 2.75) is 0 Å². The predicted octanol–water partition coefficient (Wildman–Crippen LogP) is 15.3. The van der Waals surface area contributed by atoms with Crippen LogP contribution < -0.4 is 19.6 Å². The van der Waals surface area contributed by atoms with Crippen LogP contribution in [-0.2, 0) is 0 Å². The Morgan fingerprint density at radius 1 is 0.226 bits per heavy atom. The largest absolute Gasteiger partial charge is 0.291 e. The van der Waals surface area contributed by atoms with E-state index in [9.17, 15) is 17.6 Å². The van der Waals surface area contributed by atoms with Crippen molar-refractivity contribution < 1.29 is 17.6 Å². The summed E-state index contributed by atoms with van der Waals surface area (Å²) >= 11 is 0. The minimum atomic E-state index is -0.312. The van der Waals surface area contributed by atoms with Gasteiger partial charge < -0.3 is 0 Å². The topological polar surface area (TPSA) is 13.0 Å². The first-order valence-electron chi connectivity index (χ1n) is 20.2. The molecule has 0 saturated carbocycles. The lowest BCUT2D eigenvalue weighted by atomic mass is 10.1. The number of halogens is 4. The van der Waals surface area contributed by atoms with Crippen molar-refractivity contribution in [2.24, 2.45) is 0 Å². The summed E-state index contributed by atoms with van der Waals surface area (Å²) in [7, 11) is 0. The van der Waals surface area contributed by atoms with E-state index in [0.717, 1.165) is 100 Å². The molecule has 0 atom stereocenters. The Morgan fingerprint density at radius 3 is 0.677 bits per heavy atom. The number of rotatable bonds is 4. The number of hydrogen-bond donors (Lipinski definition) is 0. The van der Waals surface area contributed by atoms with Crippen LogP contribution in [0.1, 0.15) is 0 Å². The summed E-state index contributed by atoms with van der Waals surface area (Å²) < 4.78 is 58.2. The normalized spacial score (nSPS) is 13.6. The average molecular weight is 813 g/mol. The van der Waals surface area contributed by atoms with Crippen molar-refractivity contribution in [1.29, 1.82) is 0 Å². The lowest BCUT2D eigenvalue weighted by molar-refractivity contribution is 0.629. The second-order valence-corrected chi connectivity index (χ2v) is 15.7. The zero-order valence-corrected chi connectivity index (χ0v) is 32.8. The summed E-state index contributed by atoms with van der Waals surface area (Å²) in [6, 6.07) is 59.7. The molecule has 0 unspecified atom stereocenters. The maximum Gasteiger partial charge on any atom is 0.166 e. The van der Waals surface area contributed by atoms with Crippen LogP contribution in [0, 0.1) is 23.3 Å². The first-order chi connectivity index (χ1) is 30.3. The molecule has 8 heteroatoms. The first-order valence-corrected chi connectivity index (χ1v) is 20.2. The number of hydrogen-bond acceptors (Lipinski definition) is 4. The van der Waals surface area contributed by atoms with E-state index in [-0.39, 0.29) is 23.3 Å². The number of benzene rings is 10. The van der Waals surface area contributed by atoms with E-state index in [2.05, 4.69) is 68.1 Å². The molecule has 0 aromatic heterocycles. The van der Waals surface area contributed by atoms with Gasteiger partial charge in [-0.1, -0.05) is 72.8 Å². The molecule has 0 amide bonds. The number of anilines is 8. The van der Waals surface area contributed by atoms with Gasteiger partial charge in [0.15, 0.2) is 11.6 Å². The van der Waals surface area contributed by atoms with Gasteiger partial charge in [0.2, 0.25) is 0 Å². The highest BCUT2D eigenvalue weighted by Crippen LogP contribution is 2.57. The van der Waals surface area contributed by atoms with Crippen LogP contribution in [0.5, 0.6) is 0 Å². The number of nitrogens with zero attached hydrogens (tertiary/aromatic N) is 4. The van der Waals surface area contributed by atoms with Crippen LogP contribution in [0.25, 0.3) is 43.1 Å². The van der Waals surface area contributed by atoms with Gasteiger partial charge in [-0.15, -0.1) is 0 Å². The molecule has 0 spiro atoms. The van der Waals surface area contributed by atoms with E-state index in [1.807, 2.05) is 72.8 Å². The van der Waals surface area contributed by atoms with E-state index in [1.165, 1.54) is 48.5 Å². The Bertz CT molecular complexity index is 3070. The second kappa shape index (κ2) is 13.7. The van der Waals surface area contributed by atoms with Gasteiger partial charge in [0.25, 0.3) is 0 Å². The van der Waals surface area contributed by atoms with Crippen molar-refractivity contribution in [3.63, 3.8) is 0 Å². The van der Waals surface area contributed by atoms with Gasteiger partial charge in [-0.25, -0.2) is 17.6 Å². The fourth-order valence-electron chi connectivity index (χ4n) is 9.16. The number of fused-ring (bicyclic) bond motifs is 6. The van der Waals surface area contributed by atoms with Crippen molar-refractivity contribution in [1.82, 2.24) is 0 Å². The number of para-hydroxylation sites is 4. The molecular weight excluding hydrogens is 781 g/mol. The Morgan fingerprint density at radius 2 is 0.435 bits per heavy atom. The van der Waals surface area contributed by atoms with Crippen LogP contribution in [0.3, 0.4) is 0 Å². The van der Waals surface area contributed by atoms with Crippen LogP contribution in [0.15, 0.2) is 206 Å². The molecule has 12 rings (SSSR count). The third kappa shape index (κ3) is 5.68. The summed E-state index contributed by atoms with van der Waals surface area (Å²) in [5.74, 6) is 0.287. The molecule has 10 aromatic rings. The lowest BCUT2D eigenvalue weighted by Gasteiger charge is -2.34. The minimum Gasteiger partial charge on any atom is -0.291 e. The maximum atomic E-state index is 14.6. The van der Waals surface area contributed by atoms with Crippen LogP contribution in [-0.4, -0.2) is 0 Å². The molecule has 2 aliphatic heterocycles. The summed E-state index contributed by atoms with van der Waals surface area (Å²) in [6.45, 7) is 0. The van der Waals surface area contributed by atoms with Crippen LogP contribution >= 0.6 is 0 Å². The fraction of sp³-hybridized carbons (Fsp3) is 0. The molecule has 10 aromatic carbocycles. The molecule has 0 bridgehead atoms. The van der Waals surface area contributed by atoms with E-state index < -0.39 is 0 Å². The zero-order valence-electron chi connectivity index (χ0n) is 32.8. The van der Waals surface area contributed by atoms with Crippen molar-refractivity contribution in [2.75, 3.05) is 19.6 Å². The summed E-state index contributed by atoms with van der Waals surface area (Å²) in [4.78, 5) is 8.95. The van der Waals surface area contributed by atoms with Gasteiger partial charge in [-0.3, -0.25) is 19.6 Å². The highest BCUT2D eigenvalue weighted by molar-refractivity contribution is 6.03. The molecule has 0 radical (unpaired) electrons. The Kier molecular flexibility index (Phi) is 7.93. The van der Waals surface area contributed by atoms with E-state index in [4.69, 9.17) is 0 Å². The van der Waals surface area contributed by atoms with Gasteiger partial charge in [-0.2, -0.15) is 0 Å². The predicted molar refractivity (Wildman–Crippen MR) is 244 cm³/mol. The fourth-order valence-corrected chi connectivity index (χ4v) is 9.16. The molecule has 4 nitrogen and oxygen atoms in total. The van der Waals surface area contributed by atoms with Crippen molar-refractivity contribution >= 4 is 88.6 Å². The molecular formula is C54H32F4N4.